The number of nitrogens with one attached hydrogen (secondary N) is 1. The number of aliphatic imine (C=N–C) groups is 1. The molecule has 3 rings (SSSR count). The number of amidine groups is 1. The van der Waals surface area contributed by atoms with E-state index in [0.717, 1.165) is 18.5 Å². The van der Waals surface area contributed by atoms with Crippen LogP contribution in [0.1, 0.15) is 54.9 Å². The molecule has 2 heterocycles. The molecule has 148 valence electrons. The van der Waals surface area contributed by atoms with Gasteiger partial charge in [-0.3, -0.25) is 4.79 Å². The molecule has 2 fully saturated rings. The zero-order valence-corrected chi connectivity index (χ0v) is 16.6. The highest BCUT2D eigenvalue weighted by molar-refractivity contribution is 6.05. The Morgan fingerprint density at radius 3 is 2.78 bits per heavy atom. The minimum atomic E-state index is -0.346. The fourth-order valence-electron chi connectivity index (χ4n) is 4.13. The summed E-state index contributed by atoms with van der Waals surface area (Å²) in [6.45, 7) is 5.05. The first-order chi connectivity index (χ1) is 13.0. The lowest BCUT2D eigenvalue weighted by Gasteiger charge is -2.40. The lowest BCUT2D eigenvalue weighted by atomic mass is 9.99. The van der Waals surface area contributed by atoms with Crippen molar-refractivity contribution in [3.8, 4) is 0 Å². The number of methoxy groups -OCH3 is 1. The molecule has 1 aromatic rings. The fourth-order valence-corrected chi connectivity index (χ4v) is 4.13. The number of pyridine rings is 1. The molecule has 1 aliphatic carbocycles. The van der Waals surface area contributed by atoms with Crippen LogP contribution >= 0.6 is 0 Å². The number of carbonyl (C=O) groups is 1. The van der Waals surface area contributed by atoms with Crippen molar-refractivity contribution in [3.63, 3.8) is 0 Å². The van der Waals surface area contributed by atoms with Gasteiger partial charge >= 0.3 is 0 Å². The van der Waals surface area contributed by atoms with Gasteiger partial charge in [0.2, 0.25) is 0 Å². The summed E-state index contributed by atoms with van der Waals surface area (Å²) >= 11 is 0. The summed E-state index contributed by atoms with van der Waals surface area (Å²) < 4.78 is 5.79. The summed E-state index contributed by atoms with van der Waals surface area (Å²) in [5.74, 6) is 0.569. The SMILES string of the molecule is CO[C@@H]1CN(c2ncc(C)cc2C(=O)N=C(C)N)CC[C@@H]1NC1CCCC1. The second-order valence-corrected chi connectivity index (χ2v) is 7.71. The Kier molecular flexibility index (Phi) is 6.44. The van der Waals surface area contributed by atoms with Gasteiger partial charge in [0, 0.05) is 38.5 Å². The Morgan fingerprint density at radius 2 is 2.11 bits per heavy atom. The van der Waals surface area contributed by atoms with Gasteiger partial charge in [0.15, 0.2) is 0 Å². The van der Waals surface area contributed by atoms with Gasteiger partial charge in [-0.1, -0.05) is 12.8 Å². The molecule has 7 nitrogen and oxygen atoms in total. The third-order valence-corrected chi connectivity index (χ3v) is 5.48. The molecule has 2 atom stereocenters. The first-order valence-electron chi connectivity index (χ1n) is 9.83. The standard InChI is InChI=1S/C20H31N5O2/c1-13-10-16(20(26)23-14(2)21)19(22-11-13)25-9-8-17(18(12-25)27-3)24-15-6-4-5-7-15/h10-11,15,17-18,24H,4-9,12H2,1-3H3,(H2,21,23,26)/t17-,18+/m0/s1. The van der Waals surface area contributed by atoms with E-state index in [1.165, 1.54) is 25.7 Å². The summed E-state index contributed by atoms with van der Waals surface area (Å²) in [6.07, 6.45) is 7.94. The van der Waals surface area contributed by atoms with Crippen molar-refractivity contribution in [1.82, 2.24) is 10.3 Å². The number of hydrogen-bond acceptors (Lipinski definition) is 5. The lowest BCUT2D eigenvalue weighted by molar-refractivity contribution is 0.0557. The number of aromatic nitrogens is 1. The van der Waals surface area contributed by atoms with Crippen LogP contribution < -0.4 is 16.0 Å². The van der Waals surface area contributed by atoms with Gasteiger partial charge in [0.25, 0.3) is 5.91 Å². The van der Waals surface area contributed by atoms with Crippen molar-refractivity contribution in [2.75, 3.05) is 25.1 Å². The molecule has 1 amide bonds. The molecular formula is C20H31N5O2. The number of rotatable bonds is 5. The molecule has 0 bridgehead atoms. The van der Waals surface area contributed by atoms with Crippen LogP contribution in [-0.2, 0) is 4.74 Å². The average Bonchev–Trinajstić information content (AvgIpc) is 3.14. The Bertz CT molecular complexity index is 696. The van der Waals surface area contributed by atoms with Gasteiger partial charge in [0.05, 0.1) is 11.7 Å². The minimum absolute atomic E-state index is 0.0603. The smallest absolute Gasteiger partial charge is 0.282 e. The molecular weight excluding hydrogens is 342 g/mol. The van der Waals surface area contributed by atoms with Crippen LogP contribution in [-0.4, -0.2) is 55.1 Å². The van der Waals surface area contributed by atoms with E-state index in [1.54, 1.807) is 20.2 Å². The number of carbonyl (C=O) groups excluding carboxylic acids is 1. The van der Waals surface area contributed by atoms with Crippen molar-refractivity contribution < 1.29 is 9.53 Å². The number of aryl methyl sites for hydroxylation is 1. The number of hydrogen-bond donors (Lipinski definition) is 2. The van der Waals surface area contributed by atoms with Crippen LogP contribution in [0.2, 0.25) is 0 Å². The summed E-state index contributed by atoms with van der Waals surface area (Å²) in [4.78, 5) is 23.1. The van der Waals surface area contributed by atoms with E-state index in [4.69, 9.17) is 10.5 Å². The molecule has 0 unspecified atom stereocenters. The van der Waals surface area contributed by atoms with Crippen LogP contribution in [0.15, 0.2) is 17.3 Å². The van der Waals surface area contributed by atoms with Gasteiger partial charge in [0.1, 0.15) is 11.7 Å². The van der Waals surface area contributed by atoms with Crippen LogP contribution in [0.25, 0.3) is 0 Å². The molecule has 0 radical (unpaired) electrons. The van der Waals surface area contributed by atoms with Crippen molar-refractivity contribution in [1.29, 1.82) is 0 Å². The van der Waals surface area contributed by atoms with Crippen molar-refractivity contribution in [2.24, 2.45) is 10.7 Å². The molecule has 1 saturated heterocycles. The third-order valence-electron chi connectivity index (χ3n) is 5.48. The number of anilines is 1. The van der Waals surface area contributed by atoms with E-state index < -0.39 is 0 Å². The molecule has 7 heteroatoms. The average molecular weight is 374 g/mol. The van der Waals surface area contributed by atoms with Crippen molar-refractivity contribution in [2.45, 2.75) is 64.1 Å². The van der Waals surface area contributed by atoms with E-state index in [0.29, 0.717) is 30.0 Å². The van der Waals surface area contributed by atoms with Crippen LogP contribution in [0.3, 0.4) is 0 Å². The Hall–Kier alpha value is -1.99. The topological polar surface area (TPSA) is 92.8 Å². The number of piperidine rings is 1. The van der Waals surface area contributed by atoms with E-state index in [9.17, 15) is 4.79 Å². The molecule has 2 aliphatic rings. The second-order valence-electron chi connectivity index (χ2n) is 7.71. The van der Waals surface area contributed by atoms with E-state index >= 15 is 0 Å². The molecule has 0 spiro atoms. The van der Waals surface area contributed by atoms with Gasteiger partial charge in [-0.15, -0.1) is 0 Å². The highest BCUT2D eigenvalue weighted by atomic mass is 16.5. The Balaban J connectivity index is 1.77. The van der Waals surface area contributed by atoms with Gasteiger partial charge in [-0.05, 0) is 44.7 Å². The highest BCUT2D eigenvalue weighted by Gasteiger charge is 2.33. The molecule has 3 N–H and O–H groups in total. The maximum absolute atomic E-state index is 12.5. The summed E-state index contributed by atoms with van der Waals surface area (Å²) in [6, 6.07) is 2.78. The van der Waals surface area contributed by atoms with E-state index in [2.05, 4.69) is 20.2 Å². The maximum atomic E-state index is 12.5. The zero-order chi connectivity index (χ0) is 19.4. The lowest BCUT2D eigenvalue weighted by Crippen LogP contribution is -2.55. The van der Waals surface area contributed by atoms with Gasteiger partial charge in [-0.25, -0.2) is 4.98 Å². The summed E-state index contributed by atoms with van der Waals surface area (Å²) in [5, 5.41) is 3.79. The zero-order valence-electron chi connectivity index (χ0n) is 16.6. The molecule has 1 aromatic heterocycles. The van der Waals surface area contributed by atoms with Gasteiger partial charge in [-0.2, -0.15) is 4.99 Å². The first-order valence-corrected chi connectivity index (χ1v) is 9.83. The normalized spacial score (nSPS) is 24.4. The first kappa shape index (κ1) is 19.8. The van der Waals surface area contributed by atoms with Crippen molar-refractivity contribution in [3.05, 3.63) is 23.4 Å². The minimum Gasteiger partial charge on any atom is -0.387 e. The predicted molar refractivity (Wildman–Crippen MR) is 107 cm³/mol. The van der Waals surface area contributed by atoms with Gasteiger partial charge < -0.3 is 20.7 Å². The van der Waals surface area contributed by atoms with E-state index in [1.807, 2.05) is 13.0 Å². The summed E-state index contributed by atoms with van der Waals surface area (Å²) in [5.41, 5.74) is 7.02. The van der Waals surface area contributed by atoms with E-state index in [-0.39, 0.29) is 17.8 Å². The number of amides is 1. The quantitative estimate of drug-likeness (QED) is 0.606. The summed E-state index contributed by atoms with van der Waals surface area (Å²) in [7, 11) is 1.76. The van der Waals surface area contributed by atoms with Crippen LogP contribution in [0.4, 0.5) is 5.82 Å². The number of nitrogens with two attached hydrogens (primary N) is 1. The van der Waals surface area contributed by atoms with Crippen LogP contribution in [0, 0.1) is 6.92 Å². The fraction of sp³-hybridized carbons (Fsp3) is 0.650. The third kappa shape index (κ3) is 4.84. The molecule has 1 aliphatic heterocycles. The number of ether oxygens (including phenoxy) is 1. The van der Waals surface area contributed by atoms with Crippen LogP contribution in [0.5, 0.6) is 0 Å². The Labute approximate surface area is 161 Å². The Morgan fingerprint density at radius 1 is 1.37 bits per heavy atom. The molecule has 27 heavy (non-hydrogen) atoms. The maximum Gasteiger partial charge on any atom is 0.282 e. The number of nitrogens with zero attached hydrogens (tertiary/aromatic N) is 3. The highest BCUT2D eigenvalue weighted by Crippen LogP contribution is 2.26. The predicted octanol–water partition coefficient (Wildman–Crippen LogP) is 2.03. The second kappa shape index (κ2) is 8.80. The molecule has 0 aromatic carbocycles. The van der Waals surface area contributed by atoms with Crippen molar-refractivity contribution >= 4 is 17.6 Å². The monoisotopic (exact) mass is 373 g/mol. The largest absolute Gasteiger partial charge is 0.387 e. The molecule has 1 saturated carbocycles.